The van der Waals surface area contributed by atoms with Crippen LogP contribution < -0.4 is 10.1 Å². The Morgan fingerprint density at radius 3 is 2.50 bits per heavy atom. The number of halogens is 6. The molecule has 0 saturated carbocycles. The highest BCUT2D eigenvalue weighted by molar-refractivity contribution is 5.95. The number of benzene rings is 1. The number of anilines is 1. The summed E-state index contributed by atoms with van der Waals surface area (Å²) in [6, 6.07) is 2.97. The molecule has 0 radical (unpaired) electrons. The Labute approximate surface area is 190 Å². The van der Waals surface area contributed by atoms with E-state index in [-0.39, 0.29) is 17.4 Å². The second-order valence-corrected chi connectivity index (χ2v) is 8.34. The Balaban J connectivity index is 1.75. The van der Waals surface area contributed by atoms with E-state index in [1.807, 2.05) is 0 Å². The van der Waals surface area contributed by atoms with Gasteiger partial charge in [-0.1, -0.05) is 13.0 Å². The van der Waals surface area contributed by atoms with E-state index in [1.54, 1.807) is 0 Å². The number of alkyl halides is 3. The van der Waals surface area contributed by atoms with Crippen LogP contribution in [-0.2, 0) is 14.3 Å². The molecule has 2 aliphatic rings. The van der Waals surface area contributed by atoms with Crippen LogP contribution in [0.25, 0.3) is 0 Å². The van der Waals surface area contributed by atoms with Crippen LogP contribution >= 0.6 is 0 Å². The molecule has 5 unspecified atom stereocenters. The van der Waals surface area contributed by atoms with Crippen molar-refractivity contribution in [3.05, 3.63) is 53.1 Å². The average molecular weight is 490 g/mol. The third-order valence-corrected chi connectivity index (χ3v) is 6.37. The fraction of sp³-hybridized carbons (Fsp3) is 0.455. The van der Waals surface area contributed by atoms with Crippen LogP contribution in [0.4, 0.5) is 32.0 Å². The molecule has 1 aromatic carbocycles. The molecule has 5 atom stereocenters. The van der Waals surface area contributed by atoms with Crippen LogP contribution in [-0.4, -0.2) is 42.5 Å². The average Bonchev–Trinajstić information content (AvgIpc) is 3.57. The number of amides is 1. The van der Waals surface area contributed by atoms with Gasteiger partial charge in [0, 0.05) is 17.4 Å². The van der Waals surface area contributed by atoms with E-state index < -0.39 is 58.8 Å². The van der Waals surface area contributed by atoms with Crippen molar-refractivity contribution in [3.8, 4) is 5.75 Å². The minimum atomic E-state index is -4.91. The summed E-state index contributed by atoms with van der Waals surface area (Å²) in [6.07, 6.45) is -6.27. The molecule has 6 nitrogen and oxygen atoms in total. The van der Waals surface area contributed by atoms with Crippen LogP contribution in [0.1, 0.15) is 37.1 Å². The minimum absolute atomic E-state index is 0.190. The Morgan fingerprint density at radius 1 is 1.24 bits per heavy atom. The monoisotopic (exact) mass is 490 g/mol. The van der Waals surface area contributed by atoms with Gasteiger partial charge in [0.2, 0.25) is 5.82 Å². The lowest BCUT2D eigenvalue weighted by molar-refractivity contribution is -0.272. The number of nitrogens with zero attached hydrogens (tertiary/aromatic N) is 1. The van der Waals surface area contributed by atoms with Crippen molar-refractivity contribution >= 4 is 11.6 Å². The molecule has 0 aliphatic carbocycles. The number of methoxy groups -OCH3 is 1. The number of pyridine rings is 1. The SMILES string of the molecule is COc1c(C2C(C(=O)Nc3cc(C4CO4)ncc3F)OC(C)(C(F)(F)F)C2C)ccc(F)c1F. The molecule has 2 aliphatic heterocycles. The predicted molar refractivity (Wildman–Crippen MR) is 106 cm³/mol. The highest BCUT2D eigenvalue weighted by Gasteiger charge is 2.66. The minimum Gasteiger partial charge on any atom is -0.493 e. The summed E-state index contributed by atoms with van der Waals surface area (Å²) in [4.78, 5) is 17.0. The van der Waals surface area contributed by atoms with Crippen LogP contribution in [0.2, 0.25) is 0 Å². The number of carbonyl (C=O) groups is 1. The van der Waals surface area contributed by atoms with Crippen molar-refractivity contribution in [1.82, 2.24) is 4.98 Å². The summed E-state index contributed by atoms with van der Waals surface area (Å²) in [7, 11) is 1.02. The third kappa shape index (κ3) is 3.98. The van der Waals surface area contributed by atoms with E-state index in [4.69, 9.17) is 14.2 Å². The van der Waals surface area contributed by atoms with Gasteiger partial charge in [0.05, 0.1) is 31.3 Å². The lowest BCUT2D eigenvalue weighted by Crippen LogP contribution is -2.47. The van der Waals surface area contributed by atoms with Gasteiger partial charge in [0.25, 0.3) is 5.91 Å². The summed E-state index contributed by atoms with van der Waals surface area (Å²) in [6.45, 7) is 2.30. The molecule has 0 spiro atoms. The molecular weight excluding hydrogens is 470 g/mol. The second-order valence-electron chi connectivity index (χ2n) is 8.34. The summed E-state index contributed by atoms with van der Waals surface area (Å²) in [5.41, 5.74) is -3.02. The lowest BCUT2D eigenvalue weighted by Gasteiger charge is -2.32. The molecule has 1 aromatic heterocycles. The van der Waals surface area contributed by atoms with Gasteiger partial charge in [-0.3, -0.25) is 9.78 Å². The Morgan fingerprint density at radius 2 is 1.91 bits per heavy atom. The molecule has 1 N–H and O–H groups in total. The Kier molecular flexibility index (Phi) is 6.01. The fourth-order valence-corrected chi connectivity index (χ4v) is 4.19. The predicted octanol–water partition coefficient (Wildman–Crippen LogP) is 4.66. The fourth-order valence-electron chi connectivity index (χ4n) is 4.19. The molecule has 2 fully saturated rings. The number of nitrogens with one attached hydrogen (secondary N) is 1. The van der Waals surface area contributed by atoms with E-state index in [9.17, 15) is 31.1 Å². The van der Waals surface area contributed by atoms with Crippen LogP contribution in [0.15, 0.2) is 24.4 Å². The van der Waals surface area contributed by atoms with Crippen LogP contribution in [0, 0.1) is 23.4 Å². The third-order valence-electron chi connectivity index (χ3n) is 6.37. The first-order chi connectivity index (χ1) is 15.9. The van der Waals surface area contributed by atoms with E-state index in [0.717, 1.165) is 32.4 Å². The lowest BCUT2D eigenvalue weighted by atomic mass is 9.77. The topological polar surface area (TPSA) is 73.0 Å². The first-order valence-electron chi connectivity index (χ1n) is 10.2. The van der Waals surface area contributed by atoms with E-state index in [2.05, 4.69) is 10.3 Å². The second kappa shape index (κ2) is 8.42. The summed E-state index contributed by atoms with van der Waals surface area (Å²) >= 11 is 0. The molecule has 4 rings (SSSR count). The van der Waals surface area contributed by atoms with Crippen LogP contribution in [0.5, 0.6) is 5.75 Å². The quantitative estimate of drug-likeness (QED) is 0.488. The zero-order valence-electron chi connectivity index (χ0n) is 18.2. The zero-order valence-corrected chi connectivity index (χ0v) is 18.2. The number of carbonyl (C=O) groups excluding carboxylic acids is 1. The molecule has 12 heteroatoms. The van der Waals surface area contributed by atoms with Gasteiger partial charge in [0.15, 0.2) is 23.0 Å². The van der Waals surface area contributed by atoms with Crippen molar-refractivity contribution in [3.63, 3.8) is 0 Å². The molecule has 1 amide bonds. The smallest absolute Gasteiger partial charge is 0.417 e. The number of aromatic nitrogens is 1. The molecule has 34 heavy (non-hydrogen) atoms. The Hall–Kier alpha value is -2.86. The van der Waals surface area contributed by atoms with Crippen molar-refractivity contribution in [2.24, 2.45) is 5.92 Å². The maximum absolute atomic E-state index is 14.4. The van der Waals surface area contributed by atoms with Gasteiger partial charge in [0.1, 0.15) is 12.2 Å². The standard InChI is InChI=1S/C22H20F6N2O4/c1-9-16(10-4-5-11(23)17(25)18(10)32-3)19(34-21(9,2)22(26,27)28)20(31)30-13-6-14(15-8-33-15)29-7-12(13)24/h4-7,9,15-16,19H,8H2,1-3H3,(H,29,30,31). The van der Waals surface area contributed by atoms with Crippen molar-refractivity contribution in [2.45, 2.75) is 43.8 Å². The van der Waals surface area contributed by atoms with Crippen molar-refractivity contribution in [2.75, 3.05) is 19.0 Å². The number of ether oxygens (including phenoxy) is 3. The van der Waals surface area contributed by atoms with E-state index in [0.29, 0.717) is 12.3 Å². The number of epoxide rings is 1. The molecular formula is C22H20F6N2O4. The van der Waals surface area contributed by atoms with Crippen molar-refractivity contribution < 1.29 is 45.3 Å². The van der Waals surface area contributed by atoms with Crippen LogP contribution in [0.3, 0.4) is 0 Å². The van der Waals surface area contributed by atoms with Gasteiger partial charge in [-0.2, -0.15) is 17.6 Å². The number of hydrogen-bond acceptors (Lipinski definition) is 5. The highest BCUT2D eigenvalue weighted by Crippen LogP contribution is 2.55. The van der Waals surface area contributed by atoms with Gasteiger partial charge in [-0.05, 0) is 19.1 Å². The molecule has 3 heterocycles. The van der Waals surface area contributed by atoms with Gasteiger partial charge in [-0.15, -0.1) is 0 Å². The highest BCUT2D eigenvalue weighted by atomic mass is 19.4. The number of hydrogen-bond donors (Lipinski definition) is 1. The van der Waals surface area contributed by atoms with Gasteiger partial charge in [-0.25, -0.2) is 8.78 Å². The van der Waals surface area contributed by atoms with Gasteiger partial charge < -0.3 is 19.5 Å². The first-order valence-corrected chi connectivity index (χ1v) is 10.2. The molecule has 2 saturated heterocycles. The van der Waals surface area contributed by atoms with Gasteiger partial charge >= 0.3 is 6.18 Å². The Bertz CT molecular complexity index is 1120. The van der Waals surface area contributed by atoms with Crippen molar-refractivity contribution in [1.29, 1.82) is 0 Å². The summed E-state index contributed by atoms with van der Waals surface area (Å²) in [5.74, 6) is -8.21. The largest absolute Gasteiger partial charge is 0.493 e. The number of rotatable bonds is 5. The molecule has 184 valence electrons. The first kappa shape index (κ1) is 24.3. The maximum atomic E-state index is 14.4. The summed E-state index contributed by atoms with van der Waals surface area (Å²) in [5, 5.41) is 2.24. The zero-order chi connectivity index (χ0) is 25.0. The molecule has 0 bridgehead atoms. The van der Waals surface area contributed by atoms with E-state index in [1.165, 1.54) is 13.0 Å². The normalized spacial score (nSPS) is 28.6. The summed E-state index contributed by atoms with van der Waals surface area (Å²) < 4.78 is 99.6. The van der Waals surface area contributed by atoms with E-state index >= 15 is 0 Å². The maximum Gasteiger partial charge on any atom is 0.417 e. The molecule has 2 aromatic rings.